The molecule has 3 N–H and O–H groups in total. The number of fused-ring (bicyclic) bond motifs is 3. The van der Waals surface area contributed by atoms with Gasteiger partial charge in [-0.05, 0) is 37.6 Å². The minimum atomic E-state index is -0.831. The van der Waals surface area contributed by atoms with Gasteiger partial charge in [0.2, 0.25) is 0 Å². The number of ether oxygens (including phenoxy) is 1. The van der Waals surface area contributed by atoms with Crippen molar-refractivity contribution in [2.24, 2.45) is 5.73 Å². The summed E-state index contributed by atoms with van der Waals surface area (Å²) in [6.45, 7) is 2.50. The lowest BCUT2D eigenvalue weighted by Gasteiger charge is -2.14. The average molecular weight is 617 g/mol. The van der Waals surface area contributed by atoms with E-state index in [1.165, 1.54) is 20.2 Å². The Morgan fingerprint density at radius 2 is 1.41 bits per heavy atom. The first-order valence-corrected chi connectivity index (χ1v) is 14.8. The molecule has 12 heteroatoms. The summed E-state index contributed by atoms with van der Waals surface area (Å²) in [5, 5.41) is 1.33. The van der Waals surface area contributed by atoms with Gasteiger partial charge < -0.3 is 20.0 Å². The summed E-state index contributed by atoms with van der Waals surface area (Å²) in [7, 11) is 0. The molecule has 0 aliphatic carbocycles. The van der Waals surface area contributed by atoms with Crippen LogP contribution in [0.25, 0.3) is 38.8 Å². The summed E-state index contributed by atoms with van der Waals surface area (Å²) in [6, 6.07) is 21.3. The summed E-state index contributed by atoms with van der Waals surface area (Å²) in [5.41, 5.74) is 8.37. The highest BCUT2D eigenvalue weighted by atomic mass is 16.5. The Kier molecular flexibility index (Phi) is 6.88. The number of H-pyrrole nitrogens is 1. The second kappa shape index (κ2) is 11.1. The van der Waals surface area contributed by atoms with E-state index < -0.39 is 17.7 Å². The Hall–Kier alpha value is -6.17. The number of primary amides is 1. The number of amides is 3. The van der Waals surface area contributed by atoms with E-state index in [0.29, 0.717) is 46.2 Å². The quantitative estimate of drug-likeness (QED) is 0.240. The Labute approximate surface area is 261 Å². The number of aryl methyl sites for hydroxylation is 1. The van der Waals surface area contributed by atoms with Gasteiger partial charge in [-0.15, -0.1) is 0 Å². The second-order valence-corrected chi connectivity index (χ2v) is 10.9. The number of benzene rings is 3. The first kappa shape index (κ1) is 28.6. The van der Waals surface area contributed by atoms with E-state index in [9.17, 15) is 24.0 Å². The minimum absolute atomic E-state index is 0.0908. The Balaban J connectivity index is 1.32. The van der Waals surface area contributed by atoms with Crippen LogP contribution in [0.1, 0.15) is 44.5 Å². The molecule has 230 valence electrons. The zero-order valence-electron chi connectivity index (χ0n) is 24.7. The molecule has 0 saturated heterocycles. The van der Waals surface area contributed by atoms with Crippen LogP contribution in [0.3, 0.4) is 0 Å². The van der Waals surface area contributed by atoms with E-state index >= 15 is 0 Å². The number of aromatic amines is 1. The van der Waals surface area contributed by atoms with Crippen LogP contribution in [0.15, 0.2) is 90.0 Å². The van der Waals surface area contributed by atoms with Crippen LogP contribution in [-0.4, -0.2) is 60.6 Å². The molecule has 1 aliphatic heterocycles. The summed E-state index contributed by atoms with van der Waals surface area (Å²) in [4.78, 5) is 68.9. The van der Waals surface area contributed by atoms with Gasteiger partial charge in [0.1, 0.15) is 5.69 Å². The number of imidazole rings is 1. The molecule has 0 unspecified atom stereocenters. The normalized spacial score (nSPS) is 12.8. The van der Waals surface area contributed by atoms with Crippen molar-refractivity contribution in [3.05, 3.63) is 112 Å². The third-order valence-electron chi connectivity index (χ3n) is 8.24. The third kappa shape index (κ3) is 4.41. The van der Waals surface area contributed by atoms with Gasteiger partial charge in [-0.25, -0.2) is 9.59 Å². The largest absolute Gasteiger partial charge is 0.449 e. The highest BCUT2D eigenvalue weighted by Gasteiger charge is 2.34. The Morgan fingerprint density at radius 1 is 0.783 bits per heavy atom. The molecule has 0 radical (unpaired) electrons. The van der Waals surface area contributed by atoms with Crippen molar-refractivity contribution in [1.82, 2.24) is 23.6 Å². The fourth-order valence-electron chi connectivity index (χ4n) is 6.24. The van der Waals surface area contributed by atoms with Crippen LogP contribution in [0.4, 0.5) is 4.79 Å². The van der Waals surface area contributed by atoms with Crippen molar-refractivity contribution in [1.29, 1.82) is 0 Å². The minimum Gasteiger partial charge on any atom is -0.449 e. The summed E-state index contributed by atoms with van der Waals surface area (Å²) >= 11 is 0. The van der Waals surface area contributed by atoms with E-state index in [1.54, 1.807) is 55.5 Å². The van der Waals surface area contributed by atoms with Crippen LogP contribution in [0, 0.1) is 0 Å². The number of hydrogen-bond acceptors (Lipinski definition) is 6. The monoisotopic (exact) mass is 616 g/mol. The van der Waals surface area contributed by atoms with Crippen molar-refractivity contribution in [2.75, 3.05) is 13.2 Å². The van der Waals surface area contributed by atoms with Crippen molar-refractivity contribution in [3.8, 4) is 16.9 Å². The van der Waals surface area contributed by atoms with Crippen LogP contribution < -0.4 is 11.4 Å². The highest BCUT2D eigenvalue weighted by Crippen LogP contribution is 2.35. The van der Waals surface area contributed by atoms with E-state index in [4.69, 9.17) is 10.5 Å². The van der Waals surface area contributed by atoms with Crippen LogP contribution in [0.5, 0.6) is 0 Å². The van der Waals surface area contributed by atoms with Crippen LogP contribution in [0.2, 0.25) is 0 Å². The molecule has 12 nitrogen and oxygen atoms in total. The number of rotatable bonds is 8. The highest BCUT2D eigenvalue weighted by molar-refractivity contribution is 6.21. The summed E-state index contributed by atoms with van der Waals surface area (Å²) in [6.07, 6.45) is 3.18. The SMILES string of the molecule is CCOC(=O)n1cc(-n2c(-c3cn(CCCN4C(=O)c5ccccc5C4=O)c4ccccc34)c(C(N)=O)[nH]c2=O)c2ccccc21. The Morgan fingerprint density at radius 3 is 2.09 bits per heavy atom. The maximum Gasteiger partial charge on any atom is 0.418 e. The lowest BCUT2D eigenvalue weighted by atomic mass is 10.1. The molecule has 6 aromatic rings. The van der Waals surface area contributed by atoms with Crippen molar-refractivity contribution < 1.29 is 23.9 Å². The second-order valence-electron chi connectivity index (χ2n) is 10.9. The number of hydrogen-bond donors (Lipinski definition) is 2. The van der Waals surface area contributed by atoms with Gasteiger partial charge in [0, 0.05) is 47.3 Å². The van der Waals surface area contributed by atoms with Gasteiger partial charge in [-0.1, -0.05) is 48.5 Å². The molecule has 46 heavy (non-hydrogen) atoms. The van der Waals surface area contributed by atoms with E-state index in [0.717, 1.165) is 10.9 Å². The van der Waals surface area contributed by atoms with Crippen LogP contribution in [-0.2, 0) is 11.3 Å². The van der Waals surface area contributed by atoms with Gasteiger partial charge >= 0.3 is 11.8 Å². The first-order valence-electron chi connectivity index (χ1n) is 14.8. The number of carbonyl (C=O) groups excluding carboxylic acids is 4. The van der Waals surface area contributed by atoms with Crippen molar-refractivity contribution in [3.63, 3.8) is 0 Å². The standard InChI is InChI=1S/C34H28N6O6/c1-2-46-34(45)39-19-27(23-13-6-8-15-26(23)39)40-29(28(30(35)41)36-33(40)44)24-18-37(25-14-7-5-10-20(24)25)16-9-17-38-31(42)21-11-3-4-12-22(21)32(38)43/h3-8,10-15,18-19H,2,9,16-17H2,1H3,(H2,35,41)(H,36,44). The molecular weight excluding hydrogens is 588 g/mol. The lowest BCUT2D eigenvalue weighted by Crippen LogP contribution is -2.31. The molecule has 1 aliphatic rings. The fourth-order valence-corrected chi connectivity index (χ4v) is 6.24. The van der Waals surface area contributed by atoms with E-state index in [2.05, 4.69) is 4.98 Å². The van der Waals surface area contributed by atoms with Gasteiger partial charge in [0.25, 0.3) is 17.7 Å². The number of aromatic nitrogens is 4. The van der Waals surface area contributed by atoms with E-state index in [1.807, 2.05) is 35.0 Å². The molecule has 0 atom stereocenters. The van der Waals surface area contributed by atoms with Gasteiger partial charge in [0.15, 0.2) is 0 Å². The fraction of sp³-hybridized carbons (Fsp3) is 0.147. The molecule has 4 heterocycles. The van der Waals surface area contributed by atoms with Crippen molar-refractivity contribution >= 4 is 45.6 Å². The summed E-state index contributed by atoms with van der Waals surface area (Å²) < 4.78 is 9.88. The smallest absolute Gasteiger partial charge is 0.418 e. The predicted molar refractivity (Wildman–Crippen MR) is 170 cm³/mol. The zero-order valence-corrected chi connectivity index (χ0v) is 24.7. The molecule has 7 rings (SSSR count). The maximum absolute atomic E-state index is 13.6. The molecule has 0 saturated carbocycles. The zero-order chi connectivity index (χ0) is 32.1. The topological polar surface area (TPSA) is 154 Å². The first-order chi connectivity index (χ1) is 22.3. The molecular formula is C34H28N6O6. The summed E-state index contributed by atoms with van der Waals surface area (Å²) in [5.74, 6) is -1.46. The number of nitrogens with one attached hydrogen (secondary N) is 1. The molecule has 0 fully saturated rings. The van der Waals surface area contributed by atoms with Crippen molar-refractivity contribution in [2.45, 2.75) is 19.9 Å². The average Bonchev–Trinajstić information content (AvgIpc) is 3.78. The lowest BCUT2D eigenvalue weighted by molar-refractivity contribution is 0.0650. The third-order valence-corrected chi connectivity index (χ3v) is 8.24. The van der Waals surface area contributed by atoms with Gasteiger partial charge in [-0.3, -0.25) is 28.4 Å². The maximum atomic E-state index is 13.6. The molecule has 3 aromatic carbocycles. The molecule has 0 spiro atoms. The number of carbonyl (C=O) groups is 4. The van der Waals surface area contributed by atoms with Crippen LogP contribution >= 0.6 is 0 Å². The molecule has 3 aromatic heterocycles. The number of nitrogens with zero attached hydrogens (tertiary/aromatic N) is 4. The predicted octanol–water partition coefficient (Wildman–Crippen LogP) is 4.53. The Bertz CT molecular complexity index is 2250. The number of para-hydroxylation sites is 2. The van der Waals surface area contributed by atoms with Gasteiger partial charge in [0.05, 0.1) is 34.6 Å². The number of nitrogens with two attached hydrogens (primary N) is 1. The van der Waals surface area contributed by atoms with E-state index in [-0.39, 0.29) is 36.4 Å². The molecule has 0 bridgehead atoms. The van der Waals surface area contributed by atoms with Gasteiger partial charge in [-0.2, -0.15) is 0 Å². The molecule has 3 amide bonds. The number of imide groups is 1.